The molecule has 8 heteroatoms. The van der Waals surface area contributed by atoms with Gasteiger partial charge in [-0.1, -0.05) is 0 Å². The Morgan fingerprint density at radius 2 is 1.57 bits per heavy atom. The van der Waals surface area contributed by atoms with Crippen LogP contribution in [0.25, 0.3) is 0 Å². The summed E-state index contributed by atoms with van der Waals surface area (Å²) in [6.07, 6.45) is 0. The Balaban J connectivity index is 2.07. The first-order valence-electron chi connectivity index (χ1n) is 6.64. The number of carboxylic acid groups (broad SMARTS) is 1. The van der Waals surface area contributed by atoms with E-state index in [9.17, 15) is 14.4 Å². The topological polar surface area (TPSA) is 95.7 Å². The first kappa shape index (κ1) is 15.0. The monoisotopic (exact) mass is 294 g/mol. The number of hydrogen-bond donors (Lipinski definition) is 1. The Bertz CT molecular complexity index is 600. The zero-order chi connectivity index (χ0) is 15.7. The largest absolute Gasteiger partial charge is 0.474 e. The lowest BCUT2D eigenvalue weighted by molar-refractivity contribution is -0.156. The average molecular weight is 294 g/mol. The van der Waals surface area contributed by atoms with E-state index in [0.717, 1.165) is 5.69 Å². The molecule has 0 aliphatic carbocycles. The summed E-state index contributed by atoms with van der Waals surface area (Å²) in [6, 6.07) is 0. The van der Waals surface area contributed by atoms with Crippen LogP contribution in [0.4, 0.5) is 0 Å². The van der Waals surface area contributed by atoms with Crippen LogP contribution < -0.4 is 0 Å². The van der Waals surface area contributed by atoms with E-state index in [4.69, 9.17) is 5.11 Å². The van der Waals surface area contributed by atoms with E-state index in [1.165, 1.54) is 4.90 Å². The Morgan fingerprint density at radius 3 is 2.00 bits per heavy atom. The molecule has 0 unspecified atom stereocenters. The van der Waals surface area contributed by atoms with Crippen molar-refractivity contribution >= 4 is 17.8 Å². The van der Waals surface area contributed by atoms with Crippen LogP contribution in [0.5, 0.6) is 0 Å². The number of rotatable bonds is 1. The molecule has 0 bridgehead atoms. The number of aryl methyl sites for hydroxylation is 2. The number of carboxylic acids is 1. The first-order valence-corrected chi connectivity index (χ1v) is 6.64. The minimum absolute atomic E-state index is 0.125. The first-order chi connectivity index (χ1) is 9.82. The highest BCUT2D eigenvalue weighted by Gasteiger charge is 2.29. The fraction of sp³-hybridized carbons (Fsp3) is 0.538. The fourth-order valence-corrected chi connectivity index (χ4v) is 2.49. The van der Waals surface area contributed by atoms with E-state index in [1.807, 2.05) is 6.92 Å². The highest BCUT2D eigenvalue weighted by molar-refractivity contribution is 6.31. The smallest absolute Gasteiger partial charge is 0.394 e. The molecule has 0 spiro atoms. The van der Waals surface area contributed by atoms with Gasteiger partial charge < -0.3 is 14.9 Å². The molecule has 1 aromatic heterocycles. The molecule has 2 rings (SSSR count). The highest BCUT2D eigenvalue weighted by atomic mass is 16.4. The van der Waals surface area contributed by atoms with Crippen LogP contribution in [0.3, 0.4) is 0 Å². The molecule has 0 radical (unpaired) electrons. The molecule has 21 heavy (non-hydrogen) atoms. The van der Waals surface area contributed by atoms with E-state index in [2.05, 4.69) is 5.10 Å². The van der Waals surface area contributed by atoms with E-state index in [1.54, 1.807) is 23.6 Å². The summed E-state index contributed by atoms with van der Waals surface area (Å²) in [5.41, 5.74) is 2.04. The van der Waals surface area contributed by atoms with Crippen LogP contribution in [0.2, 0.25) is 0 Å². The van der Waals surface area contributed by atoms with E-state index in [0.29, 0.717) is 24.3 Å². The third-order valence-electron chi connectivity index (χ3n) is 3.76. The highest BCUT2D eigenvalue weighted by Crippen LogP contribution is 2.16. The quantitative estimate of drug-likeness (QED) is 0.698. The van der Waals surface area contributed by atoms with Crippen molar-refractivity contribution in [3.63, 3.8) is 0 Å². The van der Waals surface area contributed by atoms with Crippen molar-refractivity contribution in [2.45, 2.75) is 13.8 Å². The van der Waals surface area contributed by atoms with Gasteiger partial charge in [0.2, 0.25) is 0 Å². The molecule has 0 saturated carbocycles. The molecule has 1 N–H and O–H groups in total. The molecular formula is C13H18N4O4. The molecule has 0 aromatic carbocycles. The lowest BCUT2D eigenvalue weighted by Crippen LogP contribution is -2.52. The van der Waals surface area contributed by atoms with Crippen LogP contribution in [-0.4, -0.2) is 68.6 Å². The molecule has 2 amide bonds. The summed E-state index contributed by atoms with van der Waals surface area (Å²) in [5, 5.41) is 12.9. The Hall–Kier alpha value is -2.38. The number of nitrogens with zero attached hydrogens (tertiary/aromatic N) is 4. The Kier molecular flexibility index (Phi) is 3.97. The van der Waals surface area contributed by atoms with Crippen molar-refractivity contribution in [2.24, 2.45) is 7.05 Å². The number of hydrogen-bond acceptors (Lipinski definition) is 4. The molecule has 114 valence electrons. The molecule has 1 saturated heterocycles. The Labute approximate surface area is 121 Å². The zero-order valence-electron chi connectivity index (χ0n) is 12.3. The SMILES string of the molecule is Cc1nn(C)c(C)c1C(=O)N1CCN(C(=O)C(=O)O)CC1. The molecular weight excluding hydrogens is 276 g/mol. The number of aromatic nitrogens is 2. The summed E-state index contributed by atoms with van der Waals surface area (Å²) < 4.78 is 1.66. The second-order valence-corrected chi connectivity index (χ2v) is 5.06. The van der Waals surface area contributed by atoms with Gasteiger partial charge in [-0.15, -0.1) is 0 Å². The van der Waals surface area contributed by atoms with Crippen molar-refractivity contribution in [3.8, 4) is 0 Å². The second kappa shape index (κ2) is 5.55. The third-order valence-corrected chi connectivity index (χ3v) is 3.76. The van der Waals surface area contributed by atoms with Crippen LogP contribution >= 0.6 is 0 Å². The predicted octanol–water partition coefficient (Wildman–Crippen LogP) is -0.594. The van der Waals surface area contributed by atoms with Crippen molar-refractivity contribution in [2.75, 3.05) is 26.2 Å². The lowest BCUT2D eigenvalue weighted by atomic mass is 10.1. The summed E-state index contributed by atoms with van der Waals surface area (Å²) >= 11 is 0. The van der Waals surface area contributed by atoms with Crippen LogP contribution in [-0.2, 0) is 16.6 Å². The molecule has 2 heterocycles. The average Bonchev–Trinajstić information content (AvgIpc) is 2.70. The number of piperazine rings is 1. The Morgan fingerprint density at radius 1 is 1.05 bits per heavy atom. The maximum absolute atomic E-state index is 12.5. The fourth-order valence-electron chi connectivity index (χ4n) is 2.49. The van der Waals surface area contributed by atoms with Crippen molar-refractivity contribution < 1.29 is 19.5 Å². The number of amides is 2. The summed E-state index contributed by atoms with van der Waals surface area (Å²) in [4.78, 5) is 37.4. The molecule has 1 aliphatic rings. The van der Waals surface area contributed by atoms with Gasteiger partial charge in [-0.2, -0.15) is 5.10 Å². The molecule has 0 atom stereocenters. The van der Waals surface area contributed by atoms with Gasteiger partial charge in [0, 0.05) is 38.9 Å². The van der Waals surface area contributed by atoms with Gasteiger partial charge in [0.25, 0.3) is 5.91 Å². The standard InChI is InChI=1S/C13H18N4O4/c1-8-10(9(2)15(3)14-8)11(18)16-4-6-17(7-5-16)12(19)13(20)21/h4-7H2,1-3H3,(H,20,21). The lowest BCUT2D eigenvalue weighted by Gasteiger charge is -2.33. The molecule has 1 fully saturated rings. The zero-order valence-corrected chi connectivity index (χ0v) is 12.3. The van der Waals surface area contributed by atoms with Gasteiger partial charge in [-0.05, 0) is 13.8 Å². The molecule has 1 aromatic rings. The van der Waals surface area contributed by atoms with E-state index >= 15 is 0 Å². The van der Waals surface area contributed by atoms with Gasteiger partial charge in [0.15, 0.2) is 0 Å². The van der Waals surface area contributed by atoms with Crippen molar-refractivity contribution in [1.29, 1.82) is 0 Å². The summed E-state index contributed by atoms with van der Waals surface area (Å²) in [7, 11) is 1.78. The van der Waals surface area contributed by atoms with Gasteiger partial charge >= 0.3 is 11.9 Å². The van der Waals surface area contributed by atoms with Crippen LogP contribution in [0.1, 0.15) is 21.7 Å². The van der Waals surface area contributed by atoms with Gasteiger partial charge in [-0.3, -0.25) is 14.3 Å². The van der Waals surface area contributed by atoms with Gasteiger partial charge in [-0.25, -0.2) is 4.79 Å². The minimum Gasteiger partial charge on any atom is -0.474 e. The number of carbonyl (C=O) groups excluding carboxylic acids is 2. The van der Waals surface area contributed by atoms with E-state index in [-0.39, 0.29) is 19.0 Å². The van der Waals surface area contributed by atoms with Crippen molar-refractivity contribution in [3.05, 3.63) is 17.0 Å². The normalized spacial score (nSPS) is 15.2. The summed E-state index contributed by atoms with van der Waals surface area (Å²) in [5.74, 6) is -2.51. The maximum atomic E-state index is 12.5. The van der Waals surface area contributed by atoms with Gasteiger partial charge in [0.1, 0.15) is 0 Å². The predicted molar refractivity (Wildman–Crippen MR) is 72.8 cm³/mol. The molecule has 8 nitrogen and oxygen atoms in total. The third kappa shape index (κ3) is 2.74. The molecule has 1 aliphatic heterocycles. The van der Waals surface area contributed by atoms with Crippen LogP contribution in [0, 0.1) is 13.8 Å². The van der Waals surface area contributed by atoms with Crippen molar-refractivity contribution in [1.82, 2.24) is 19.6 Å². The van der Waals surface area contributed by atoms with Gasteiger partial charge in [0.05, 0.1) is 11.3 Å². The number of carbonyl (C=O) groups is 3. The maximum Gasteiger partial charge on any atom is 0.394 e. The minimum atomic E-state index is -1.46. The summed E-state index contributed by atoms with van der Waals surface area (Å²) in [6.45, 7) is 4.73. The van der Waals surface area contributed by atoms with E-state index < -0.39 is 11.9 Å². The second-order valence-electron chi connectivity index (χ2n) is 5.06. The van der Waals surface area contributed by atoms with Crippen LogP contribution in [0.15, 0.2) is 0 Å². The number of aliphatic carboxylic acids is 1.